The molecule has 2 nitrogen and oxygen atoms in total. The first kappa shape index (κ1) is 12.2. The lowest BCUT2D eigenvalue weighted by atomic mass is 9.63. The highest BCUT2D eigenvalue weighted by Crippen LogP contribution is 2.46. The monoisotopic (exact) mass is 230 g/mol. The maximum atomic E-state index is 10.4. The van der Waals surface area contributed by atoms with Crippen molar-refractivity contribution in [2.75, 3.05) is 5.32 Å². The molecule has 17 heavy (non-hydrogen) atoms. The molecule has 0 saturated heterocycles. The predicted molar refractivity (Wildman–Crippen MR) is 71.0 cm³/mol. The highest BCUT2D eigenvalue weighted by Gasteiger charge is 2.36. The van der Waals surface area contributed by atoms with Crippen LogP contribution in [0.1, 0.15) is 51.7 Å². The average Bonchev–Trinajstić information content (AvgIpc) is 2.26. The van der Waals surface area contributed by atoms with E-state index in [-0.39, 0.29) is 10.8 Å². The van der Waals surface area contributed by atoms with Crippen molar-refractivity contribution in [1.29, 1.82) is 0 Å². The van der Waals surface area contributed by atoms with E-state index in [0.29, 0.717) is 0 Å². The van der Waals surface area contributed by atoms with E-state index in [1.165, 1.54) is 24.0 Å². The Labute approximate surface area is 103 Å². The second kappa shape index (κ2) is 3.86. The molecule has 1 aromatic carbocycles. The molecule has 0 atom stereocenters. The van der Waals surface area contributed by atoms with Gasteiger partial charge in [-0.15, -0.1) is 0 Å². The number of carbonyl (C=O) groups excluding carboxylic acids is 1. The summed E-state index contributed by atoms with van der Waals surface area (Å²) in [5.74, 6) is 0. The van der Waals surface area contributed by atoms with Crippen LogP contribution in [-0.2, 0) is 15.6 Å². The Morgan fingerprint density at radius 1 is 1.06 bits per heavy atom. The highest BCUT2D eigenvalue weighted by atomic mass is 16.1. The van der Waals surface area contributed by atoms with Gasteiger partial charge in [-0.25, -0.2) is 0 Å². The molecule has 0 aromatic heterocycles. The molecule has 1 aliphatic carbocycles. The number of nitrogens with one attached hydrogen (secondary N) is 1. The van der Waals surface area contributed by atoms with Crippen LogP contribution in [0.25, 0.3) is 0 Å². The number of hydrogen-bond acceptors (Lipinski definition) is 1. The quantitative estimate of drug-likeness (QED) is 0.774. The summed E-state index contributed by atoms with van der Waals surface area (Å²) in [4.78, 5) is 10.4. The van der Waals surface area contributed by atoms with Gasteiger partial charge in [-0.2, -0.15) is 0 Å². The van der Waals surface area contributed by atoms with Gasteiger partial charge in [0.25, 0.3) is 0 Å². The molecule has 2 rings (SSSR count). The number of fused-ring (bicyclic) bond motifs is 1. The minimum Gasteiger partial charge on any atom is -0.318 e. The lowest BCUT2D eigenvalue weighted by molar-refractivity contribution is 0.332. The van der Waals surface area contributed by atoms with Crippen LogP contribution in [0.5, 0.6) is 0 Å². The smallest absolute Gasteiger partial charge is 0.314 e. The average molecular weight is 230 g/mol. The summed E-state index contributed by atoms with van der Waals surface area (Å²) < 4.78 is 0. The molecule has 0 bridgehead atoms. The summed E-state index contributed by atoms with van der Waals surface area (Å²) in [6, 6.07) is 6.21. The topological polar surface area (TPSA) is 29.1 Å². The molecule has 0 unspecified atom stereocenters. The van der Waals surface area contributed by atoms with Crippen molar-refractivity contribution in [1.82, 2.24) is 0 Å². The molecule has 0 heterocycles. The fraction of sp³-hybridized carbons (Fsp3) is 0.533. The summed E-state index contributed by atoms with van der Waals surface area (Å²) >= 11 is 0. The largest absolute Gasteiger partial charge is 0.318 e. The van der Waals surface area contributed by atoms with Crippen molar-refractivity contribution in [2.24, 2.45) is 0 Å². The van der Waals surface area contributed by atoms with Gasteiger partial charge in [0.05, 0.1) is 0 Å². The second-order valence-electron chi connectivity index (χ2n) is 6.26. The van der Waals surface area contributed by atoms with Crippen LogP contribution in [0.2, 0.25) is 0 Å². The van der Waals surface area contributed by atoms with E-state index in [1.54, 1.807) is 6.41 Å². The van der Waals surface area contributed by atoms with Crippen LogP contribution in [0.15, 0.2) is 18.2 Å². The summed E-state index contributed by atoms with van der Waals surface area (Å²) in [7, 11) is 0. The molecule has 1 aliphatic rings. The zero-order chi connectivity index (χ0) is 12.7. The van der Waals surface area contributed by atoms with Gasteiger partial charge in [0.1, 0.15) is 0 Å². The van der Waals surface area contributed by atoms with Crippen LogP contribution < -0.4 is 5.32 Å². The Hall–Kier alpha value is -1.31. The molecule has 91 valence electrons. The van der Waals surface area contributed by atoms with E-state index in [4.69, 9.17) is 0 Å². The summed E-state index contributed by atoms with van der Waals surface area (Å²) in [6.07, 6.45) is 4.13. The van der Waals surface area contributed by atoms with Crippen LogP contribution in [0, 0.1) is 0 Å². The lowest BCUT2D eigenvalue weighted by Gasteiger charge is -2.42. The van der Waals surface area contributed by atoms with Crippen LogP contribution >= 0.6 is 0 Å². The zero-order valence-corrected chi connectivity index (χ0v) is 11.1. The van der Waals surface area contributed by atoms with Crippen molar-refractivity contribution in [3.63, 3.8) is 0 Å². The van der Waals surface area contributed by atoms with Gasteiger partial charge < -0.3 is 5.32 Å². The second-order valence-corrected chi connectivity index (χ2v) is 6.26. The van der Waals surface area contributed by atoms with E-state index in [1.807, 2.05) is 6.07 Å². The molecule has 0 fully saturated rings. The minimum absolute atomic E-state index is 0.186. The Balaban J connectivity index is 2.55. The molecule has 1 aromatic rings. The van der Waals surface area contributed by atoms with Crippen LogP contribution in [0.3, 0.4) is 0 Å². The summed E-state index contributed by atoms with van der Waals surface area (Å²) in [6.45, 7) is 9.13. The standard InChI is InChI=1S/C15H20NO/c1-14(2)7-8-15(3,4)13-9-11(16-10-17)5-6-12(13)14/h5-6,9H,7-8H2,1-4H3,(H,16,17). The van der Waals surface area contributed by atoms with E-state index >= 15 is 0 Å². The molecule has 0 saturated carbocycles. The van der Waals surface area contributed by atoms with Crippen molar-refractivity contribution in [2.45, 2.75) is 51.4 Å². The van der Waals surface area contributed by atoms with Gasteiger partial charge in [-0.3, -0.25) is 4.79 Å². The first-order chi connectivity index (χ1) is 7.87. The van der Waals surface area contributed by atoms with Gasteiger partial charge in [0.15, 0.2) is 0 Å². The molecule has 1 radical (unpaired) electrons. The molecule has 1 amide bonds. The van der Waals surface area contributed by atoms with Gasteiger partial charge in [0.2, 0.25) is 0 Å². The molecular formula is C15H20NO. The Morgan fingerprint density at radius 3 is 2.24 bits per heavy atom. The molecule has 2 heteroatoms. The van der Waals surface area contributed by atoms with E-state index in [9.17, 15) is 4.79 Å². The fourth-order valence-electron chi connectivity index (χ4n) is 2.73. The Kier molecular flexibility index (Phi) is 2.76. The van der Waals surface area contributed by atoms with Crippen molar-refractivity contribution >= 4 is 12.1 Å². The van der Waals surface area contributed by atoms with Gasteiger partial charge in [-0.1, -0.05) is 33.8 Å². The number of amides is 1. The summed E-state index contributed by atoms with van der Waals surface area (Å²) in [5, 5.41) is 2.62. The molecule has 0 aliphatic heterocycles. The normalized spacial score (nSPS) is 20.5. The maximum Gasteiger partial charge on any atom is 0.314 e. The zero-order valence-electron chi connectivity index (χ0n) is 11.1. The third kappa shape index (κ3) is 2.08. The molecule has 1 N–H and O–H groups in total. The maximum absolute atomic E-state index is 10.4. The van der Waals surface area contributed by atoms with Crippen molar-refractivity contribution < 1.29 is 4.79 Å². The summed E-state index contributed by atoms with van der Waals surface area (Å²) in [5.41, 5.74) is 4.02. The number of rotatable bonds is 2. The number of hydrogen-bond donors (Lipinski definition) is 1. The van der Waals surface area contributed by atoms with Gasteiger partial charge >= 0.3 is 6.41 Å². The van der Waals surface area contributed by atoms with E-state index in [0.717, 1.165) is 5.69 Å². The number of benzene rings is 1. The SMILES string of the molecule is CC1(C)CCC(C)(C)c2cc(N[C]=O)ccc21. The number of anilines is 1. The van der Waals surface area contributed by atoms with E-state index in [2.05, 4.69) is 45.1 Å². The first-order valence-electron chi connectivity index (χ1n) is 6.15. The predicted octanol–water partition coefficient (Wildman–Crippen LogP) is 3.51. The lowest BCUT2D eigenvalue weighted by Crippen LogP contribution is -2.33. The third-order valence-corrected chi connectivity index (χ3v) is 4.05. The van der Waals surface area contributed by atoms with Gasteiger partial charge in [0, 0.05) is 5.69 Å². The van der Waals surface area contributed by atoms with Crippen LogP contribution in [-0.4, -0.2) is 6.41 Å². The van der Waals surface area contributed by atoms with Crippen molar-refractivity contribution in [3.8, 4) is 0 Å². The fourth-order valence-corrected chi connectivity index (χ4v) is 2.73. The van der Waals surface area contributed by atoms with E-state index < -0.39 is 0 Å². The first-order valence-corrected chi connectivity index (χ1v) is 6.15. The Morgan fingerprint density at radius 2 is 1.65 bits per heavy atom. The third-order valence-electron chi connectivity index (χ3n) is 4.05. The minimum atomic E-state index is 0.186. The molecular weight excluding hydrogens is 210 g/mol. The molecule has 0 spiro atoms. The van der Waals surface area contributed by atoms with Gasteiger partial charge in [-0.05, 0) is 46.9 Å². The van der Waals surface area contributed by atoms with Crippen molar-refractivity contribution in [3.05, 3.63) is 29.3 Å². The Bertz CT molecular complexity index is 446. The highest BCUT2D eigenvalue weighted by molar-refractivity contribution is 5.72. The van der Waals surface area contributed by atoms with Crippen LogP contribution in [0.4, 0.5) is 5.69 Å².